The number of amides is 2. The number of benzene rings is 1. The first kappa shape index (κ1) is 16.2. The van der Waals surface area contributed by atoms with Crippen LogP contribution in [0.25, 0.3) is 10.4 Å². The molecule has 0 radical (unpaired) electrons. The van der Waals surface area contributed by atoms with E-state index >= 15 is 0 Å². The number of nitrogens with zero attached hydrogens (tertiary/aromatic N) is 5. The van der Waals surface area contributed by atoms with Crippen LogP contribution < -0.4 is 4.90 Å². The molecule has 124 valence electrons. The van der Waals surface area contributed by atoms with Crippen molar-refractivity contribution in [2.75, 3.05) is 24.5 Å². The molecule has 1 saturated heterocycles. The predicted molar refractivity (Wildman–Crippen MR) is 90.7 cm³/mol. The van der Waals surface area contributed by atoms with Crippen LogP contribution in [0.2, 0.25) is 0 Å². The van der Waals surface area contributed by atoms with Gasteiger partial charge in [-0.15, -0.1) is 0 Å². The maximum Gasteiger partial charge on any atom is 0.414 e. The molecule has 0 aliphatic carbocycles. The molecule has 0 N–H and O–H groups in total. The van der Waals surface area contributed by atoms with E-state index in [9.17, 15) is 9.59 Å². The predicted octanol–water partition coefficient (Wildman–Crippen LogP) is 1.82. The molecule has 24 heavy (non-hydrogen) atoms. The van der Waals surface area contributed by atoms with Crippen molar-refractivity contribution in [3.63, 3.8) is 0 Å². The van der Waals surface area contributed by atoms with Crippen LogP contribution in [0.5, 0.6) is 0 Å². The Morgan fingerprint density at radius 2 is 2.29 bits per heavy atom. The first-order valence-electron chi connectivity index (χ1n) is 7.95. The van der Waals surface area contributed by atoms with Gasteiger partial charge >= 0.3 is 6.09 Å². The number of cyclic esters (lactones) is 1. The summed E-state index contributed by atoms with van der Waals surface area (Å²) in [7, 11) is 1.59. The Morgan fingerprint density at radius 3 is 3.04 bits per heavy atom. The first-order chi connectivity index (χ1) is 11.6. The van der Waals surface area contributed by atoms with Crippen LogP contribution in [0.4, 0.5) is 15.3 Å². The van der Waals surface area contributed by atoms with Gasteiger partial charge < -0.3 is 9.64 Å². The molecule has 0 saturated carbocycles. The molecule has 8 nitrogen and oxygen atoms in total. The molecule has 2 heterocycles. The second-order valence-electron chi connectivity index (χ2n) is 6.03. The SMILES string of the molecule is BC(=O)N1CCCc2cc(N3C[C@H](CN=[N+]=[N-])OC3=O)ccc2C1. The summed E-state index contributed by atoms with van der Waals surface area (Å²) in [4.78, 5) is 29.8. The van der Waals surface area contributed by atoms with E-state index in [4.69, 9.17) is 10.3 Å². The Hall–Kier alpha value is -2.67. The van der Waals surface area contributed by atoms with Crippen LogP contribution in [0.3, 0.4) is 0 Å². The highest BCUT2D eigenvalue weighted by atomic mass is 16.6. The summed E-state index contributed by atoms with van der Waals surface area (Å²) in [6.07, 6.45) is 0.935. The molecular formula is C15H18BN5O3. The fraction of sp³-hybridized carbons (Fsp3) is 0.467. The summed E-state index contributed by atoms with van der Waals surface area (Å²) in [5.41, 5.74) is 11.4. The van der Waals surface area contributed by atoms with Crippen molar-refractivity contribution in [1.29, 1.82) is 0 Å². The average Bonchev–Trinajstić information content (AvgIpc) is 2.80. The molecule has 2 aliphatic rings. The van der Waals surface area contributed by atoms with Crippen molar-refractivity contribution < 1.29 is 14.3 Å². The van der Waals surface area contributed by atoms with Crippen LogP contribution in [-0.2, 0) is 17.7 Å². The van der Waals surface area contributed by atoms with Crippen molar-refractivity contribution in [3.8, 4) is 0 Å². The Labute approximate surface area is 140 Å². The summed E-state index contributed by atoms with van der Waals surface area (Å²) in [6, 6.07) is 5.84. The molecular weight excluding hydrogens is 309 g/mol. The van der Waals surface area contributed by atoms with E-state index < -0.39 is 12.2 Å². The minimum Gasteiger partial charge on any atom is -0.444 e. The highest BCUT2D eigenvalue weighted by Crippen LogP contribution is 2.27. The van der Waals surface area contributed by atoms with Crippen LogP contribution in [-0.4, -0.2) is 50.4 Å². The monoisotopic (exact) mass is 327 g/mol. The molecule has 1 atom stereocenters. The molecule has 1 aromatic carbocycles. The number of rotatable bonds is 3. The third kappa shape index (κ3) is 3.31. The van der Waals surface area contributed by atoms with Crippen LogP contribution in [0.15, 0.2) is 23.3 Å². The van der Waals surface area contributed by atoms with Gasteiger partial charge in [0, 0.05) is 23.7 Å². The maximum atomic E-state index is 12.0. The molecule has 0 bridgehead atoms. The van der Waals surface area contributed by atoms with Gasteiger partial charge in [0.25, 0.3) is 0 Å². The molecule has 2 aliphatic heterocycles. The van der Waals surface area contributed by atoms with Gasteiger partial charge in [-0.25, -0.2) is 4.79 Å². The standard InChI is InChI=1S/C15H18BN5O3/c16-14(22)20-5-1-2-10-6-12(4-3-11(10)8-20)21-9-13(7-18-19-17)24-15(21)23/h3-4,6,13H,1-2,5,7-9,16H2/t13-/m0/s1. The van der Waals surface area contributed by atoms with E-state index in [-0.39, 0.29) is 12.4 Å². The topological polar surface area (TPSA) is 98.6 Å². The number of ether oxygens (including phenoxy) is 1. The normalized spacial score (nSPS) is 20.0. The lowest BCUT2D eigenvalue weighted by atomic mass is 10.0. The number of carbonyl (C=O) groups is 2. The third-order valence-electron chi connectivity index (χ3n) is 4.40. The second-order valence-corrected chi connectivity index (χ2v) is 6.03. The zero-order chi connectivity index (χ0) is 17.1. The van der Waals surface area contributed by atoms with Gasteiger partial charge in [-0.1, -0.05) is 11.2 Å². The molecule has 0 unspecified atom stereocenters. The van der Waals surface area contributed by atoms with E-state index in [2.05, 4.69) is 10.0 Å². The molecule has 9 heteroatoms. The second kappa shape index (κ2) is 6.84. The van der Waals surface area contributed by atoms with Crippen LogP contribution in [0.1, 0.15) is 17.5 Å². The summed E-state index contributed by atoms with van der Waals surface area (Å²) in [5, 5.41) is 3.46. The summed E-state index contributed by atoms with van der Waals surface area (Å²) in [5.74, 6) is 0.0796. The molecule has 1 aromatic rings. The van der Waals surface area contributed by atoms with Crippen molar-refractivity contribution in [2.45, 2.75) is 25.5 Å². The van der Waals surface area contributed by atoms with Crippen molar-refractivity contribution in [2.24, 2.45) is 5.11 Å². The van der Waals surface area contributed by atoms with E-state index in [1.807, 2.05) is 23.1 Å². The van der Waals surface area contributed by atoms with E-state index in [1.165, 1.54) is 0 Å². The third-order valence-corrected chi connectivity index (χ3v) is 4.40. The Morgan fingerprint density at radius 1 is 1.46 bits per heavy atom. The summed E-state index contributed by atoms with van der Waals surface area (Å²) >= 11 is 0. The minimum absolute atomic E-state index is 0.0796. The van der Waals surface area contributed by atoms with Gasteiger partial charge in [0.05, 0.1) is 13.1 Å². The van der Waals surface area contributed by atoms with Gasteiger partial charge in [-0.2, -0.15) is 0 Å². The zero-order valence-electron chi connectivity index (χ0n) is 13.5. The van der Waals surface area contributed by atoms with Gasteiger partial charge in [0.2, 0.25) is 7.85 Å². The number of carbonyl (C=O) groups excluding carboxylic acids is 2. The Bertz CT molecular complexity index is 719. The van der Waals surface area contributed by atoms with Gasteiger partial charge in [-0.05, 0) is 41.6 Å². The number of hydrogen-bond donors (Lipinski definition) is 0. The fourth-order valence-corrected chi connectivity index (χ4v) is 3.14. The summed E-state index contributed by atoms with van der Waals surface area (Å²) in [6.45, 7) is 1.86. The van der Waals surface area contributed by atoms with Crippen molar-refractivity contribution in [3.05, 3.63) is 39.8 Å². The van der Waals surface area contributed by atoms with Crippen LogP contribution in [0, 0.1) is 0 Å². The number of aryl methyl sites for hydroxylation is 1. The van der Waals surface area contributed by atoms with Crippen molar-refractivity contribution >= 4 is 25.4 Å². The molecule has 2 amide bonds. The van der Waals surface area contributed by atoms with E-state index in [0.717, 1.165) is 36.2 Å². The average molecular weight is 327 g/mol. The lowest BCUT2D eigenvalue weighted by molar-refractivity contribution is 0.145. The Balaban J connectivity index is 1.79. The van der Waals surface area contributed by atoms with E-state index in [1.54, 1.807) is 12.7 Å². The molecule has 0 spiro atoms. The van der Waals surface area contributed by atoms with Gasteiger partial charge in [0.15, 0.2) is 5.81 Å². The number of anilines is 1. The van der Waals surface area contributed by atoms with Gasteiger partial charge in [0.1, 0.15) is 6.10 Å². The lowest BCUT2D eigenvalue weighted by Gasteiger charge is -2.20. The number of fused-ring (bicyclic) bond motifs is 1. The number of azide groups is 1. The largest absolute Gasteiger partial charge is 0.444 e. The quantitative estimate of drug-likeness (QED) is 0.366. The molecule has 1 fully saturated rings. The Kier molecular flexibility index (Phi) is 4.62. The van der Waals surface area contributed by atoms with Crippen molar-refractivity contribution in [1.82, 2.24) is 4.90 Å². The minimum atomic E-state index is -0.424. The van der Waals surface area contributed by atoms with E-state index in [0.29, 0.717) is 13.1 Å². The number of hydrogen-bond acceptors (Lipinski definition) is 4. The smallest absolute Gasteiger partial charge is 0.414 e. The molecule has 3 rings (SSSR count). The first-order valence-corrected chi connectivity index (χ1v) is 7.95. The zero-order valence-corrected chi connectivity index (χ0v) is 13.5. The maximum absolute atomic E-state index is 12.0. The van der Waals surface area contributed by atoms with Gasteiger partial charge in [-0.3, -0.25) is 9.69 Å². The fourth-order valence-electron chi connectivity index (χ4n) is 3.14. The highest BCUT2D eigenvalue weighted by Gasteiger charge is 2.32. The van der Waals surface area contributed by atoms with Crippen LogP contribution >= 0.6 is 0 Å². The molecule has 0 aromatic heterocycles. The highest BCUT2D eigenvalue weighted by molar-refractivity contribution is 6.56. The lowest BCUT2D eigenvalue weighted by Crippen LogP contribution is -2.29. The summed E-state index contributed by atoms with van der Waals surface area (Å²) < 4.78 is 5.22.